The van der Waals surface area contributed by atoms with Crippen molar-refractivity contribution in [1.29, 1.82) is 0 Å². The van der Waals surface area contributed by atoms with Gasteiger partial charge in [-0.25, -0.2) is 8.42 Å². The van der Waals surface area contributed by atoms with Crippen LogP contribution in [-0.2, 0) is 10.0 Å². The maximum absolute atomic E-state index is 11.7. The molecule has 0 radical (unpaired) electrons. The lowest BCUT2D eigenvalue weighted by Gasteiger charge is -2.43. The number of nitrogens with zero attached hydrogens (tertiary/aromatic N) is 2. The van der Waals surface area contributed by atoms with E-state index in [9.17, 15) is 13.5 Å². The maximum Gasteiger partial charge on any atom is 0.211 e. The van der Waals surface area contributed by atoms with Gasteiger partial charge < -0.3 is 5.11 Å². The van der Waals surface area contributed by atoms with Gasteiger partial charge in [0.05, 0.1) is 11.9 Å². The van der Waals surface area contributed by atoms with E-state index in [-0.39, 0.29) is 6.04 Å². The first-order valence-corrected chi connectivity index (χ1v) is 9.46. The van der Waals surface area contributed by atoms with Gasteiger partial charge >= 0.3 is 0 Å². The highest BCUT2D eigenvalue weighted by Crippen LogP contribution is 2.32. The first-order valence-electron chi connectivity index (χ1n) is 7.61. The summed E-state index contributed by atoms with van der Waals surface area (Å²) in [6.45, 7) is 6.83. The molecule has 2 aliphatic rings. The normalized spacial score (nSPS) is 38.0. The molecule has 1 saturated carbocycles. The van der Waals surface area contributed by atoms with Gasteiger partial charge in [-0.2, -0.15) is 4.31 Å². The topological polar surface area (TPSA) is 60.9 Å². The summed E-state index contributed by atoms with van der Waals surface area (Å²) in [5.41, 5.74) is -0.570. The average molecular weight is 304 g/mol. The van der Waals surface area contributed by atoms with Crippen molar-refractivity contribution >= 4 is 10.0 Å². The Labute approximate surface area is 123 Å². The molecule has 0 amide bonds. The lowest BCUT2D eigenvalue weighted by atomic mass is 9.79. The summed E-state index contributed by atoms with van der Waals surface area (Å²) in [6, 6.07) is -0.00939. The molecule has 6 heteroatoms. The molecule has 20 heavy (non-hydrogen) atoms. The van der Waals surface area contributed by atoms with E-state index in [1.807, 2.05) is 6.92 Å². The van der Waals surface area contributed by atoms with Crippen LogP contribution in [-0.4, -0.2) is 66.8 Å². The van der Waals surface area contributed by atoms with E-state index in [1.54, 1.807) is 4.31 Å². The van der Waals surface area contributed by atoms with Gasteiger partial charge in [-0.1, -0.05) is 6.92 Å². The molecule has 1 aliphatic carbocycles. The average Bonchev–Trinajstić information content (AvgIpc) is 2.32. The fourth-order valence-corrected chi connectivity index (χ4v) is 4.66. The van der Waals surface area contributed by atoms with Gasteiger partial charge in [-0.05, 0) is 38.5 Å². The zero-order valence-electron chi connectivity index (χ0n) is 12.9. The molecular formula is C14H28N2O3S. The summed E-state index contributed by atoms with van der Waals surface area (Å²) in [6.07, 6.45) is 5.20. The second-order valence-corrected chi connectivity index (χ2v) is 8.80. The number of aliphatic hydroxyl groups is 1. The third kappa shape index (κ3) is 3.93. The van der Waals surface area contributed by atoms with E-state index in [0.717, 1.165) is 38.1 Å². The van der Waals surface area contributed by atoms with Crippen molar-refractivity contribution in [2.45, 2.75) is 51.2 Å². The Hall–Kier alpha value is -0.170. The number of rotatable bonds is 3. The summed E-state index contributed by atoms with van der Waals surface area (Å²) in [5.74, 6) is 0.719. The third-order valence-electron chi connectivity index (χ3n) is 4.80. The number of piperazine rings is 1. The lowest BCUT2D eigenvalue weighted by Crippen LogP contribution is -2.57. The Kier molecular flexibility index (Phi) is 4.79. The molecule has 1 heterocycles. The minimum absolute atomic E-state index is 0.00939. The summed E-state index contributed by atoms with van der Waals surface area (Å²) < 4.78 is 24.9. The van der Waals surface area contributed by atoms with Crippen molar-refractivity contribution in [2.24, 2.45) is 5.92 Å². The van der Waals surface area contributed by atoms with Crippen molar-refractivity contribution in [2.75, 3.05) is 32.4 Å². The van der Waals surface area contributed by atoms with E-state index in [0.29, 0.717) is 19.6 Å². The van der Waals surface area contributed by atoms with Crippen molar-refractivity contribution in [3.63, 3.8) is 0 Å². The van der Waals surface area contributed by atoms with E-state index >= 15 is 0 Å². The van der Waals surface area contributed by atoms with Crippen LogP contribution in [0, 0.1) is 5.92 Å². The van der Waals surface area contributed by atoms with Gasteiger partial charge in [-0.15, -0.1) is 0 Å². The van der Waals surface area contributed by atoms with E-state index in [1.165, 1.54) is 6.26 Å². The van der Waals surface area contributed by atoms with Gasteiger partial charge in [0.2, 0.25) is 10.0 Å². The van der Waals surface area contributed by atoms with Crippen LogP contribution in [0.3, 0.4) is 0 Å². The number of β-amino-alcohol motifs (C(OH)–C–C–N with tert-alkyl or cyclic N) is 1. The Bertz CT molecular complexity index is 430. The van der Waals surface area contributed by atoms with Crippen LogP contribution in [0.5, 0.6) is 0 Å². The zero-order chi connectivity index (χ0) is 15.0. The minimum atomic E-state index is -3.11. The molecule has 1 saturated heterocycles. The molecule has 2 rings (SSSR count). The van der Waals surface area contributed by atoms with Crippen molar-refractivity contribution in [1.82, 2.24) is 9.21 Å². The molecular weight excluding hydrogens is 276 g/mol. The molecule has 1 atom stereocenters. The first kappa shape index (κ1) is 16.2. The maximum atomic E-state index is 11.7. The van der Waals surface area contributed by atoms with Gasteiger partial charge in [0, 0.05) is 32.2 Å². The van der Waals surface area contributed by atoms with E-state index in [4.69, 9.17) is 0 Å². The van der Waals surface area contributed by atoms with Crippen LogP contribution in [0.25, 0.3) is 0 Å². The fourth-order valence-electron chi connectivity index (χ4n) is 3.53. The second kappa shape index (κ2) is 5.91. The summed E-state index contributed by atoms with van der Waals surface area (Å²) in [5, 5.41) is 10.7. The molecule has 1 aliphatic heterocycles. The van der Waals surface area contributed by atoms with Gasteiger partial charge in [0.25, 0.3) is 0 Å². The molecule has 0 aromatic carbocycles. The number of sulfonamides is 1. The Morgan fingerprint density at radius 3 is 2.30 bits per heavy atom. The highest BCUT2D eigenvalue weighted by molar-refractivity contribution is 7.88. The summed E-state index contributed by atoms with van der Waals surface area (Å²) in [4.78, 5) is 2.22. The predicted octanol–water partition coefficient (Wildman–Crippen LogP) is 0.893. The molecule has 0 spiro atoms. The van der Waals surface area contributed by atoms with Crippen LogP contribution in [0.2, 0.25) is 0 Å². The van der Waals surface area contributed by atoms with E-state index < -0.39 is 15.6 Å². The van der Waals surface area contributed by atoms with Crippen molar-refractivity contribution < 1.29 is 13.5 Å². The standard InChI is InChI=1S/C14H28N2O3S/c1-12-4-6-14(17,7-5-12)11-15-8-9-16(13(2)10-15)20(3,18)19/h12-13,17H,4-11H2,1-3H3/t12?,13-,14?/m0/s1. The summed E-state index contributed by atoms with van der Waals surface area (Å²) >= 11 is 0. The Morgan fingerprint density at radius 2 is 1.80 bits per heavy atom. The second-order valence-electron chi connectivity index (χ2n) is 6.86. The summed E-state index contributed by atoms with van der Waals surface area (Å²) in [7, 11) is -3.11. The van der Waals surface area contributed by atoms with Gasteiger partial charge in [-0.3, -0.25) is 4.90 Å². The van der Waals surface area contributed by atoms with Crippen LogP contribution in [0.4, 0.5) is 0 Å². The molecule has 118 valence electrons. The first-order chi connectivity index (χ1) is 9.20. The molecule has 0 bridgehead atoms. The molecule has 0 aromatic rings. The molecule has 5 nitrogen and oxygen atoms in total. The van der Waals surface area contributed by atoms with Crippen molar-refractivity contribution in [3.8, 4) is 0 Å². The predicted molar refractivity (Wildman–Crippen MR) is 80.0 cm³/mol. The number of hydrogen-bond acceptors (Lipinski definition) is 4. The SMILES string of the molecule is CC1CCC(O)(CN2CCN(S(C)(=O)=O)[C@@H](C)C2)CC1. The highest BCUT2D eigenvalue weighted by atomic mass is 32.2. The monoisotopic (exact) mass is 304 g/mol. The molecule has 1 N–H and O–H groups in total. The van der Waals surface area contributed by atoms with Crippen LogP contribution in [0.1, 0.15) is 39.5 Å². The molecule has 0 unspecified atom stereocenters. The largest absolute Gasteiger partial charge is 0.389 e. The van der Waals surface area contributed by atoms with Crippen molar-refractivity contribution in [3.05, 3.63) is 0 Å². The zero-order valence-corrected chi connectivity index (χ0v) is 13.7. The van der Waals surface area contributed by atoms with Gasteiger partial charge in [0.15, 0.2) is 0 Å². The fraction of sp³-hybridized carbons (Fsp3) is 1.00. The molecule has 2 fully saturated rings. The Morgan fingerprint density at radius 1 is 1.20 bits per heavy atom. The number of hydrogen-bond donors (Lipinski definition) is 1. The van der Waals surface area contributed by atoms with E-state index in [2.05, 4.69) is 11.8 Å². The van der Waals surface area contributed by atoms with Crippen LogP contribution < -0.4 is 0 Å². The smallest absolute Gasteiger partial charge is 0.211 e. The van der Waals surface area contributed by atoms with Crippen LogP contribution in [0.15, 0.2) is 0 Å². The minimum Gasteiger partial charge on any atom is -0.389 e. The van der Waals surface area contributed by atoms with Crippen LogP contribution >= 0.6 is 0 Å². The van der Waals surface area contributed by atoms with Gasteiger partial charge in [0.1, 0.15) is 0 Å². The highest BCUT2D eigenvalue weighted by Gasteiger charge is 2.36. The quantitative estimate of drug-likeness (QED) is 0.841. The third-order valence-corrected chi connectivity index (χ3v) is 6.19. The molecule has 0 aromatic heterocycles. The Balaban J connectivity index is 1.90. The lowest BCUT2D eigenvalue weighted by molar-refractivity contribution is -0.0436.